The maximum absolute atomic E-state index is 12.6. The fourth-order valence-corrected chi connectivity index (χ4v) is 4.93. The van der Waals surface area contributed by atoms with E-state index in [4.69, 9.17) is 28.4 Å². The van der Waals surface area contributed by atoms with Crippen LogP contribution >= 0.6 is 0 Å². The van der Waals surface area contributed by atoms with Gasteiger partial charge in [0, 0.05) is 29.7 Å². The van der Waals surface area contributed by atoms with Gasteiger partial charge in [0.1, 0.15) is 34.3 Å². The van der Waals surface area contributed by atoms with Crippen molar-refractivity contribution >= 4 is 28.8 Å². The Hall–Kier alpha value is -4.98. The van der Waals surface area contributed by atoms with Crippen molar-refractivity contribution in [3.05, 3.63) is 95.1 Å². The molecule has 0 aromatic heterocycles. The number of carbonyl (C=O) groups excluding carboxylic acids is 2. The summed E-state index contributed by atoms with van der Waals surface area (Å²) in [5.74, 6) is 1.50. The fourth-order valence-electron chi connectivity index (χ4n) is 4.93. The highest BCUT2D eigenvalue weighted by Gasteiger charge is 2.40. The molecule has 0 saturated heterocycles. The summed E-state index contributed by atoms with van der Waals surface area (Å²) in [5, 5.41) is 1.49. The van der Waals surface area contributed by atoms with Crippen molar-refractivity contribution in [3.63, 3.8) is 0 Å². The van der Waals surface area contributed by atoms with E-state index in [0.717, 1.165) is 27.5 Å². The summed E-state index contributed by atoms with van der Waals surface area (Å²) in [7, 11) is 6.09. The molecule has 40 heavy (non-hydrogen) atoms. The zero-order valence-electron chi connectivity index (χ0n) is 22.8. The van der Waals surface area contributed by atoms with Gasteiger partial charge in [0.15, 0.2) is 5.60 Å². The third kappa shape index (κ3) is 4.58. The maximum Gasteiger partial charge on any atom is 0.341 e. The molecule has 0 aliphatic carbocycles. The van der Waals surface area contributed by atoms with Crippen molar-refractivity contribution < 1.29 is 38.0 Å². The predicted molar refractivity (Wildman–Crippen MR) is 150 cm³/mol. The Bertz CT molecular complexity index is 1640. The van der Waals surface area contributed by atoms with E-state index in [1.54, 1.807) is 33.5 Å². The molecule has 1 unspecified atom stereocenters. The topological polar surface area (TPSA) is 89.5 Å². The SMILES string of the molecule is COC(=O)c1cc2c3c(ccc2cc1OC(C)=O)OC(c1ccc(OC)cc1)(c1ccc(OC)cc1OC)C=C3. The van der Waals surface area contributed by atoms with Crippen molar-refractivity contribution in [1.82, 2.24) is 0 Å². The Morgan fingerprint density at radius 2 is 1.50 bits per heavy atom. The first kappa shape index (κ1) is 26.6. The molecule has 1 aliphatic heterocycles. The van der Waals surface area contributed by atoms with Crippen LogP contribution < -0.4 is 23.7 Å². The molecule has 4 aromatic rings. The zero-order valence-corrected chi connectivity index (χ0v) is 22.8. The van der Waals surface area contributed by atoms with Crippen molar-refractivity contribution in [1.29, 1.82) is 0 Å². The van der Waals surface area contributed by atoms with Crippen LogP contribution in [-0.2, 0) is 15.1 Å². The minimum atomic E-state index is -1.06. The molecule has 1 heterocycles. The quantitative estimate of drug-likeness (QED) is 0.211. The van der Waals surface area contributed by atoms with E-state index in [2.05, 4.69) is 0 Å². The average molecular weight is 541 g/mol. The highest BCUT2D eigenvalue weighted by molar-refractivity contribution is 6.03. The third-order valence-electron chi connectivity index (χ3n) is 6.86. The molecule has 0 amide bonds. The third-order valence-corrected chi connectivity index (χ3v) is 6.86. The number of ether oxygens (including phenoxy) is 6. The fraction of sp³-hybridized carbons (Fsp3) is 0.188. The molecule has 0 radical (unpaired) electrons. The van der Waals surface area contributed by atoms with Gasteiger partial charge in [-0.2, -0.15) is 0 Å². The van der Waals surface area contributed by atoms with Gasteiger partial charge < -0.3 is 28.4 Å². The van der Waals surface area contributed by atoms with Gasteiger partial charge in [-0.15, -0.1) is 0 Å². The van der Waals surface area contributed by atoms with Gasteiger partial charge in [-0.25, -0.2) is 4.79 Å². The van der Waals surface area contributed by atoms with Crippen molar-refractivity contribution in [2.45, 2.75) is 12.5 Å². The molecule has 0 spiro atoms. The van der Waals surface area contributed by atoms with Gasteiger partial charge in [-0.05, 0) is 65.4 Å². The minimum Gasteiger partial charge on any atom is -0.497 e. The second-order valence-corrected chi connectivity index (χ2v) is 9.10. The van der Waals surface area contributed by atoms with Crippen LogP contribution in [0.5, 0.6) is 28.7 Å². The van der Waals surface area contributed by atoms with Crippen molar-refractivity contribution in [3.8, 4) is 28.7 Å². The normalized spacial score (nSPS) is 15.5. The monoisotopic (exact) mass is 540 g/mol. The van der Waals surface area contributed by atoms with Crippen LogP contribution in [0.25, 0.3) is 16.8 Å². The Balaban J connectivity index is 1.72. The number of hydrogen-bond donors (Lipinski definition) is 0. The van der Waals surface area contributed by atoms with E-state index < -0.39 is 17.5 Å². The summed E-state index contributed by atoms with van der Waals surface area (Å²) < 4.78 is 33.7. The molecule has 8 heteroatoms. The number of hydrogen-bond acceptors (Lipinski definition) is 8. The van der Waals surface area contributed by atoms with Gasteiger partial charge in [0.05, 0.1) is 28.4 Å². The van der Waals surface area contributed by atoms with E-state index in [0.29, 0.717) is 23.0 Å². The Labute approximate surface area is 231 Å². The number of esters is 2. The molecule has 0 bridgehead atoms. The molecule has 5 rings (SSSR count). The van der Waals surface area contributed by atoms with Gasteiger partial charge >= 0.3 is 11.9 Å². The van der Waals surface area contributed by atoms with Gasteiger partial charge in [-0.1, -0.05) is 18.2 Å². The van der Waals surface area contributed by atoms with Crippen LogP contribution in [0.15, 0.2) is 72.8 Å². The lowest BCUT2D eigenvalue weighted by atomic mass is 9.82. The first-order chi connectivity index (χ1) is 19.3. The Morgan fingerprint density at radius 3 is 2.15 bits per heavy atom. The van der Waals surface area contributed by atoms with E-state index in [9.17, 15) is 9.59 Å². The first-order valence-electron chi connectivity index (χ1n) is 12.5. The molecular formula is C32H28O8. The van der Waals surface area contributed by atoms with Gasteiger partial charge in [0.2, 0.25) is 0 Å². The van der Waals surface area contributed by atoms with Crippen LogP contribution in [0.1, 0.15) is 34.0 Å². The second-order valence-electron chi connectivity index (χ2n) is 9.10. The molecule has 0 saturated carbocycles. The highest BCUT2D eigenvalue weighted by atomic mass is 16.5. The summed E-state index contributed by atoms with van der Waals surface area (Å²) in [6, 6.07) is 20.2. The lowest BCUT2D eigenvalue weighted by Gasteiger charge is -2.37. The lowest BCUT2D eigenvalue weighted by Crippen LogP contribution is -2.34. The molecule has 1 atom stereocenters. The Morgan fingerprint density at radius 1 is 0.775 bits per heavy atom. The van der Waals surface area contributed by atoms with Crippen LogP contribution in [0, 0.1) is 0 Å². The summed E-state index contributed by atoms with van der Waals surface area (Å²) in [4.78, 5) is 24.3. The van der Waals surface area contributed by atoms with Crippen LogP contribution in [0.3, 0.4) is 0 Å². The minimum absolute atomic E-state index is 0.128. The molecule has 1 aliphatic rings. The maximum atomic E-state index is 12.6. The van der Waals surface area contributed by atoms with Crippen LogP contribution in [-0.4, -0.2) is 40.4 Å². The van der Waals surface area contributed by atoms with Gasteiger partial charge in [-0.3, -0.25) is 4.79 Å². The summed E-state index contributed by atoms with van der Waals surface area (Å²) >= 11 is 0. The summed E-state index contributed by atoms with van der Waals surface area (Å²) in [6.07, 6.45) is 3.92. The number of methoxy groups -OCH3 is 4. The number of benzene rings is 4. The second kappa shape index (κ2) is 10.6. The van der Waals surface area contributed by atoms with E-state index in [1.165, 1.54) is 14.0 Å². The first-order valence-corrected chi connectivity index (χ1v) is 12.5. The molecule has 0 N–H and O–H groups in total. The molecule has 8 nitrogen and oxygen atoms in total. The van der Waals surface area contributed by atoms with E-state index in [1.807, 2.05) is 66.7 Å². The molecule has 4 aromatic carbocycles. The van der Waals surface area contributed by atoms with E-state index in [-0.39, 0.29) is 11.3 Å². The predicted octanol–water partition coefficient (Wildman–Crippen LogP) is 5.93. The van der Waals surface area contributed by atoms with Crippen LogP contribution in [0.4, 0.5) is 0 Å². The Kier molecular flexibility index (Phi) is 7.09. The van der Waals surface area contributed by atoms with Crippen molar-refractivity contribution in [2.24, 2.45) is 0 Å². The highest BCUT2D eigenvalue weighted by Crippen LogP contribution is 2.48. The number of rotatable bonds is 7. The number of fused-ring (bicyclic) bond motifs is 3. The lowest BCUT2D eigenvalue weighted by molar-refractivity contribution is -0.131. The number of carbonyl (C=O) groups is 2. The zero-order chi connectivity index (χ0) is 28.4. The molecular weight excluding hydrogens is 512 g/mol. The summed E-state index contributed by atoms with van der Waals surface area (Å²) in [6.45, 7) is 1.28. The van der Waals surface area contributed by atoms with Crippen LogP contribution in [0.2, 0.25) is 0 Å². The molecule has 0 fully saturated rings. The average Bonchev–Trinajstić information content (AvgIpc) is 2.99. The molecule has 204 valence electrons. The van der Waals surface area contributed by atoms with Crippen molar-refractivity contribution in [2.75, 3.05) is 28.4 Å². The van der Waals surface area contributed by atoms with E-state index >= 15 is 0 Å². The summed E-state index contributed by atoms with van der Waals surface area (Å²) in [5.41, 5.74) is 1.44. The standard InChI is InChI=1S/C32H28O8/c1-19(33)39-29-16-20-6-13-28-24(25(20)18-26(29)31(34)38-5)14-15-32(40-28,21-7-9-22(35-2)10-8-21)27-12-11-23(36-3)17-30(27)37-4/h6-18H,1-5H3. The smallest absolute Gasteiger partial charge is 0.341 e. The largest absolute Gasteiger partial charge is 0.497 e. The van der Waals surface area contributed by atoms with Gasteiger partial charge in [0.25, 0.3) is 0 Å².